The summed E-state index contributed by atoms with van der Waals surface area (Å²) >= 11 is 0. The summed E-state index contributed by atoms with van der Waals surface area (Å²) in [4.78, 5) is 12.1. The SMILES string of the molecule is CCc1nc(-c2ccncn2)n[nH]1. The molecule has 66 valence electrons. The van der Waals surface area contributed by atoms with E-state index in [1.807, 2.05) is 6.92 Å². The van der Waals surface area contributed by atoms with Crippen LogP contribution in [0.25, 0.3) is 11.5 Å². The summed E-state index contributed by atoms with van der Waals surface area (Å²) in [6, 6.07) is 1.78. The van der Waals surface area contributed by atoms with Gasteiger partial charge in [-0.25, -0.2) is 15.0 Å². The van der Waals surface area contributed by atoms with Gasteiger partial charge in [0.2, 0.25) is 0 Å². The average Bonchev–Trinajstić information content (AvgIpc) is 2.67. The van der Waals surface area contributed by atoms with Crippen LogP contribution in [0, 0.1) is 0 Å². The molecule has 2 aromatic rings. The predicted molar refractivity (Wildman–Crippen MR) is 46.8 cm³/mol. The lowest BCUT2D eigenvalue weighted by Gasteiger charge is -1.89. The maximum Gasteiger partial charge on any atom is 0.199 e. The van der Waals surface area contributed by atoms with Crippen LogP contribution in [-0.4, -0.2) is 25.1 Å². The number of hydrogen-bond acceptors (Lipinski definition) is 4. The van der Waals surface area contributed by atoms with E-state index >= 15 is 0 Å². The van der Waals surface area contributed by atoms with Crippen LogP contribution in [0.5, 0.6) is 0 Å². The third kappa shape index (κ3) is 1.53. The highest BCUT2D eigenvalue weighted by atomic mass is 15.2. The van der Waals surface area contributed by atoms with Crippen molar-refractivity contribution in [1.29, 1.82) is 0 Å². The molecular weight excluding hydrogens is 166 g/mol. The number of hydrogen-bond donors (Lipinski definition) is 1. The van der Waals surface area contributed by atoms with Crippen molar-refractivity contribution in [3.63, 3.8) is 0 Å². The third-order valence-corrected chi connectivity index (χ3v) is 1.68. The molecule has 2 rings (SSSR count). The summed E-state index contributed by atoms with van der Waals surface area (Å²) in [5.41, 5.74) is 0.742. The Kier molecular flexibility index (Phi) is 1.99. The van der Waals surface area contributed by atoms with Gasteiger partial charge in [-0.1, -0.05) is 6.92 Å². The fourth-order valence-electron chi connectivity index (χ4n) is 0.991. The molecule has 0 atom stereocenters. The third-order valence-electron chi connectivity index (χ3n) is 1.68. The molecule has 0 radical (unpaired) electrons. The largest absolute Gasteiger partial charge is 0.263 e. The van der Waals surface area contributed by atoms with Gasteiger partial charge >= 0.3 is 0 Å². The van der Waals surface area contributed by atoms with Crippen LogP contribution in [0.15, 0.2) is 18.6 Å². The molecule has 13 heavy (non-hydrogen) atoms. The number of rotatable bonds is 2. The van der Waals surface area contributed by atoms with Gasteiger partial charge in [-0.3, -0.25) is 5.10 Å². The normalized spacial score (nSPS) is 10.2. The van der Waals surface area contributed by atoms with E-state index in [-0.39, 0.29) is 0 Å². The Labute approximate surface area is 75.3 Å². The van der Waals surface area contributed by atoms with Crippen molar-refractivity contribution < 1.29 is 0 Å². The first-order chi connectivity index (χ1) is 6.40. The van der Waals surface area contributed by atoms with E-state index in [0.717, 1.165) is 17.9 Å². The van der Waals surface area contributed by atoms with E-state index in [1.165, 1.54) is 6.33 Å². The molecule has 0 spiro atoms. The van der Waals surface area contributed by atoms with E-state index in [2.05, 4.69) is 25.1 Å². The summed E-state index contributed by atoms with van der Waals surface area (Å²) in [5.74, 6) is 1.49. The molecule has 5 heteroatoms. The number of nitrogens with zero attached hydrogens (tertiary/aromatic N) is 4. The topological polar surface area (TPSA) is 67.3 Å². The van der Waals surface area contributed by atoms with Crippen LogP contribution in [-0.2, 0) is 6.42 Å². The minimum absolute atomic E-state index is 0.624. The monoisotopic (exact) mass is 175 g/mol. The van der Waals surface area contributed by atoms with Gasteiger partial charge in [-0.2, -0.15) is 5.10 Å². The van der Waals surface area contributed by atoms with Gasteiger partial charge in [0.15, 0.2) is 5.82 Å². The van der Waals surface area contributed by atoms with Gasteiger partial charge in [-0.15, -0.1) is 0 Å². The molecule has 5 nitrogen and oxygen atoms in total. The highest BCUT2D eigenvalue weighted by Crippen LogP contribution is 2.08. The van der Waals surface area contributed by atoms with Crippen LogP contribution in [0.4, 0.5) is 0 Å². The van der Waals surface area contributed by atoms with Crippen LogP contribution >= 0.6 is 0 Å². The summed E-state index contributed by atoms with van der Waals surface area (Å²) in [5, 5.41) is 6.86. The van der Waals surface area contributed by atoms with E-state index in [9.17, 15) is 0 Å². The van der Waals surface area contributed by atoms with Gasteiger partial charge in [0.1, 0.15) is 17.8 Å². The Morgan fingerprint density at radius 2 is 2.38 bits per heavy atom. The molecule has 0 aliphatic rings. The molecule has 0 saturated carbocycles. The van der Waals surface area contributed by atoms with Crippen molar-refractivity contribution in [2.75, 3.05) is 0 Å². The van der Waals surface area contributed by atoms with E-state index < -0.39 is 0 Å². The minimum atomic E-state index is 0.624. The quantitative estimate of drug-likeness (QED) is 0.733. The lowest BCUT2D eigenvalue weighted by Crippen LogP contribution is -1.86. The molecule has 0 bridgehead atoms. The number of aryl methyl sites for hydroxylation is 1. The number of nitrogens with one attached hydrogen (secondary N) is 1. The standard InChI is InChI=1S/C8H9N5/c1-2-7-11-8(13-12-7)6-3-4-9-5-10-6/h3-5H,2H2,1H3,(H,11,12,13). The lowest BCUT2D eigenvalue weighted by atomic mass is 10.4. The number of H-pyrrole nitrogens is 1. The van der Waals surface area contributed by atoms with Crippen LogP contribution in [0.3, 0.4) is 0 Å². The van der Waals surface area contributed by atoms with Crippen molar-refractivity contribution in [2.45, 2.75) is 13.3 Å². The second kappa shape index (κ2) is 3.30. The molecule has 0 saturated heterocycles. The Morgan fingerprint density at radius 1 is 1.46 bits per heavy atom. The Bertz CT molecular complexity index is 380. The lowest BCUT2D eigenvalue weighted by molar-refractivity contribution is 0.946. The van der Waals surface area contributed by atoms with E-state index in [4.69, 9.17) is 0 Å². The van der Waals surface area contributed by atoms with Crippen LogP contribution < -0.4 is 0 Å². The number of aromatic amines is 1. The highest BCUT2D eigenvalue weighted by molar-refractivity contribution is 5.46. The molecule has 0 unspecified atom stereocenters. The van der Waals surface area contributed by atoms with Crippen LogP contribution in [0.2, 0.25) is 0 Å². The minimum Gasteiger partial charge on any atom is -0.263 e. The molecule has 2 heterocycles. The van der Waals surface area contributed by atoms with Gasteiger partial charge in [0.05, 0.1) is 0 Å². The molecule has 0 fully saturated rings. The summed E-state index contributed by atoms with van der Waals surface area (Å²) < 4.78 is 0. The van der Waals surface area contributed by atoms with Gasteiger partial charge in [0.25, 0.3) is 0 Å². The maximum absolute atomic E-state index is 4.24. The first-order valence-electron chi connectivity index (χ1n) is 4.08. The fourth-order valence-corrected chi connectivity index (χ4v) is 0.991. The average molecular weight is 175 g/mol. The second-order valence-corrected chi connectivity index (χ2v) is 2.55. The molecule has 0 aromatic carbocycles. The predicted octanol–water partition coefficient (Wildman–Crippen LogP) is 0.824. The molecule has 0 amide bonds. The first-order valence-corrected chi connectivity index (χ1v) is 4.08. The zero-order chi connectivity index (χ0) is 9.10. The van der Waals surface area contributed by atoms with Crippen molar-refractivity contribution in [2.24, 2.45) is 0 Å². The second-order valence-electron chi connectivity index (χ2n) is 2.55. The molecular formula is C8H9N5. The first kappa shape index (κ1) is 7.85. The molecule has 2 aromatic heterocycles. The fraction of sp³-hybridized carbons (Fsp3) is 0.250. The zero-order valence-electron chi connectivity index (χ0n) is 7.23. The van der Waals surface area contributed by atoms with Gasteiger partial charge in [-0.05, 0) is 6.07 Å². The van der Waals surface area contributed by atoms with Crippen molar-refractivity contribution >= 4 is 0 Å². The Hall–Kier alpha value is -1.78. The van der Waals surface area contributed by atoms with E-state index in [0.29, 0.717) is 5.82 Å². The molecule has 0 aliphatic heterocycles. The maximum atomic E-state index is 4.24. The van der Waals surface area contributed by atoms with Crippen molar-refractivity contribution in [3.8, 4) is 11.5 Å². The summed E-state index contributed by atoms with van der Waals surface area (Å²) in [7, 11) is 0. The Balaban J connectivity index is 2.36. The molecule has 1 N–H and O–H groups in total. The summed E-state index contributed by atoms with van der Waals surface area (Å²) in [6.45, 7) is 2.02. The highest BCUT2D eigenvalue weighted by Gasteiger charge is 2.04. The smallest absolute Gasteiger partial charge is 0.199 e. The van der Waals surface area contributed by atoms with Crippen molar-refractivity contribution in [1.82, 2.24) is 25.1 Å². The van der Waals surface area contributed by atoms with Crippen LogP contribution in [0.1, 0.15) is 12.7 Å². The molecule has 0 aliphatic carbocycles. The van der Waals surface area contributed by atoms with Gasteiger partial charge < -0.3 is 0 Å². The van der Waals surface area contributed by atoms with Crippen molar-refractivity contribution in [3.05, 3.63) is 24.4 Å². The van der Waals surface area contributed by atoms with E-state index in [1.54, 1.807) is 12.3 Å². The Morgan fingerprint density at radius 3 is 3.00 bits per heavy atom. The number of aromatic nitrogens is 5. The summed E-state index contributed by atoms with van der Waals surface area (Å²) in [6.07, 6.45) is 4.00. The van der Waals surface area contributed by atoms with Gasteiger partial charge in [0, 0.05) is 12.6 Å². The zero-order valence-corrected chi connectivity index (χ0v) is 7.23.